The number of benzene rings is 1. The van der Waals surface area contributed by atoms with E-state index in [1.807, 2.05) is 0 Å². The highest BCUT2D eigenvalue weighted by Crippen LogP contribution is 2.54. The van der Waals surface area contributed by atoms with Crippen LogP contribution in [0, 0.1) is 16.6 Å². The Bertz CT molecular complexity index is 605. The number of nitrogens with zero attached hydrogens (tertiary/aromatic N) is 1. The van der Waals surface area contributed by atoms with Crippen molar-refractivity contribution in [1.29, 1.82) is 0 Å². The van der Waals surface area contributed by atoms with E-state index < -0.39 is 11.5 Å². The van der Waals surface area contributed by atoms with Crippen molar-refractivity contribution in [2.24, 2.45) is 10.8 Å². The third kappa shape index (κ3) is 3.44. The topological polar surface area (TPSA) is 43.7 Å². The third-order valence-electron chi connectivity index (χ3n) is 7.47. The van der Waals surface area contributed by atoms with Crippen molar-refractivity contribution >= 4 is 0 Å². The number of likely N-dealkylation sites (tertiary alicyclic amines) is 1. The summed E-state index contributed by atoms with van der Waals surface area (Å²) in [7, 11) is 0. The van der Waals surface area contributed by atoms with Gasteiger partial charge in [-0.15, -0.1) is 0 Å². The lowest BCUT2D eigenvalue weighted by atomic mass is 9.57. The highest BCUT2D eigenvalue weighted by Gasteiger charge is 2.50. The second-order valence-electron chi connectivity index (χ2n) is 9.22. The minimum atomic E-state index is -0.536. The first-order valence-corrected chi connectivity index (χ1v) is 10.3. The van der Waals surface area contributed by atoms with Crippen LogP contribution in [-0.2, 0) is 6.42 Å². The van der Waals surface area contributed by atoms with Gasteiger partial charge >= 0.3 is 0 Å². The van der Waals surface area contributed by atoms with E-state index in [1.165, 1.54) is 57.1 Å². The summed E-state index contributed by atoms with van der Waals surface area (Å²) in [5.41, 5.74) is 1.04. The molecule has 0 unspecified atom stereocenters. The monoisotopic (exact) mass is 361 g/mol. The summed E-state index contributed by atoms with van der Waals surface area (Å²) >= 11 is 0. The molecule has 0 bridgehead atoms. The van der Waals surface area contributed by atoms with Crippen molar-refractivity contribution < 1.29 is 14.6 Å². The SMILES string of the molecule is OC[C@]1(Cc2ccc(F)cc2)CN(C2CC3(CCCCC3)C2)CC[C@@H]1O. The van der Waals surface area contributed by atoms with Crippen molar-refractivity contribution in [1.82, 2.24) is 4.90 Å². The number of halogens is 1. The molecule has 3 nitrogen and oxygen atoms in total. The molecule has 2 N–H and O–H groups in total. The Morgan fingerprint density at radius 2 is 1.77 bits per heavy atom. The summed E-state index contributed by atoms with van der Waals surface area (Å²) in [6.07, 6.45) is 10.3. The summed E-state index contributed by atoms with van der Waals surface area (Å²) in [5, 5.41) is 20.9. The van der Waals surface area contributed by atoms with Crippen molar-refractivity contribution in [2.75, 3.05) is 19.7 Å². The van der Waals surface area contributed by atoms with Crippen LogP contribution in [0.3, 0.4) is 0 Å². The van der Waals surface area contributed by atoms with Gasteiger partial charge in [0, 0.05) is 24.5 Å². The Kier molecular flexibility index (Phi) is 5.10. The van der Waals surface area contributed by atoms with Gasteiger partial charge in [0.15, 0.2) is 0 Å². The third-order valence-corrected chi connectivity index (χ3v) is 7.47. The molecule has 1 aromatic rings. The molecule has 26 heavy (non-hydrogen) atoms. The molecule has 1 saturated heterocycles. The van der Waals surface area contributed by atoms with Gasteiger partial charge in [-0.05, 0) is 61.6 Å². The average molecular weight is 362 g/mol. The van der Waals surface area contributed by atoms with Crippen molar-refractivity contribution in [3.8, 4) is 0 Å². The fourth-order valence-electron chi connectivity index (χ4n) is 5.80. The van der Waals surface area contributed by atoms with Crippen LogP contribution in [0.1, 0.15) is 56.9 Å². The molecule has 3 aliphatic rings. The van der Waals surface area contributed by atoms with Crippen LogP contribution in [0.15, 0.2) is 24.3 Å². The van der Waals surface area contributed by atoms with Gasteiger partial charge in [-0.1, -0.05) is 31.4 Å². The van der Waals surface area contributed by atoms with Crippen LogP contribution < -0.4 is 0 Å². The summed E-state index contributed by atoms with van der Waals surface area (Å²) in [5.74, 6) is -0.245. The van der Waals surface area contributed by atoms with E-state index in [1.54, 1.807) is 12.1 Å². The molecule has 1 heterocycles. The van der Waals surface area contributed by atoms with Crippen LogP contribution >= 0.6 is 0 Å². The predicted octanol–water partition coefficient (Wildman–Crippen LogP) is 3.53. The zero-order valence-electron chi connectivity index (χ0n) is 15.7. The molecule has 0 amide bonds. The maximum atomic E-state index is 13.2. The zero-order chi connectivity index (χ0) is 18.2. The molecule has 0 aromatic heterocycles. The second-order valence-corrected chi connectivity index (χ2v) is 9.22. The molecule has 2 saturated carbocycles. The molecule has 4 rings (SSSR count). The summed E-state index contributed by atoms with van der Waals surface area (Å²) in [6, 6.07) is 7.09. The van der Waals surface area contributed by atoms with Crippen LogP contribution in [0.2, 0.25) is 0 Å². The van der Waals surface area contributed by atoms with Crippen LogP contribution in [0.5, 0.6) is 0 Å². The summed E-state index contributed by atoms with van der Waals surface area (Å²) < 4.78 is 13.2. The minimum absolute atomic E-state index is 0.0279. The van der Waals surface area contributed by atoms with Crippen LogP contribution in [0.4, 0.5) is 4.39 Å². The van der Waals surface area contributed by atoms with E-state index in [0.717, 1.165) is 18.7 Å². The molecule has 1 aliphatic heterocycles. The van der Waals surface area contributed by atoms with Crippen LogP contribution in [0.25, 0.3) is 0 Å². The van der Waals surface area contributed by atoms with Gasteiger partial charge in [0.25, 0.3) is 0 Å². The molecule has 4 heteroatoms. The molecule has 1 spiro atoms. The van der Waals surface area contributed by atoms with E-state index in [-0.39, 0.29) is 12.4 Å². The van der Waals surface area contributed by atoms with Gasteiger partial charge < -0.3 is 10.2 Å². The minimum Gasteiger partial charge on any atom is -0.396 e. The van der Waals surface area contributed by atoms with Gasteiger partial charge in [0.2, 0.25) is 0 Å². The van der Waals surface area contributed by atoms with E-state index in [9.17, 15) is 14.6 Å². The second kappa shape index (κ2) is 7.21. The largest absolute Gasteiger partial charge is 0.396 e. The molecule has 0 radical (unpaired) electrons. The number of aliphatic hydroxyl groups excluding tert-OH is 2. The first kappa shape index (κ1) is 18.4. The average Bonchev–Trinajstić information content (AvgIpc) is 2.64. The quantitative estimate of drug-likeness (QED) is 0.862. The maximum absolute atomic E-state index is 13.2. The van der Waals surface area contributed by atoms with E-state index in [4.69, 9.17) is 0 Å². The van der Waals surface area contributed by atoms with Gasteiger partial charge in [0.1, 0.15) is 5.82 Å². The normalized spacial score (nSPS) is 32.5. The lowest BCUT2D eigenvalue weighted by molar-refractivity contribution is -0.115. The molecule has 144 valence electrons. The van der Waals surface area contributed by atoms with E-state index >= 15 is 0 Å². The number of hydrogen-bond acceptors (Lipinski definition) is 3. The van der Waals surface area contributed by atoms with Gasteiger partial charge in [0.05, 0.1) is 12.7 Å². The molecule has 3 fully saturated rings. The van der Waals surface area contributed by atoms with Gasteiger partial charge in [-0.25, -0.2) is 4.39 Å². The number of aliphatic hydroxyl groups is 2. The first-order valence-electron chi connectivity index (χ1n) is 10.3. The fourth-order valence-corrected chi connectivity index (χ4v) is 5.80. The highest BCUT2D eigenvalue weighted by atomic mass is 19.1. The Hall–Kier alpha value is -0.970. The van der Waals surface area contributed by atoms with Crippen molar-refractivity contribution in [3.05, 3.63) is 35.6 Å². The number of rotatable bonds is 4. The Labute approximate surface area is 156 Å². The number of piperidine rings is 1. The molecular weight excluding hydrogens is 329 g/mol. The lowest BCUT2D eigenvalue weighted by Gasteiger charge is -2.57. The zero-order valence-corrected chi connectivity index (χ0v) is 15.7. The Morgan fingerprint density at radius 3 is 2.42 bits per heavy atom. The Morgan fingerprint density at radius 1 is 1.08 bits per heavy atom. The van der Waals surface area contributed by atoms with Crippen molar-refractivity contribution in [3.63, 3.8) is 0 Å². The Balaban J connectivity index is 1.44. The summed E-state index contributed by atoms with van der Waals surface area (Å²) in [4.78, 5) is 2.52. The molecular formula is C22H32FNO2. The standard InChI is InChI=1S/C22H32FNO2/c23-18-6-4-17(5-7-18)12-22(16-25)15-24(11-8-20(22)26)19-13-21(14-19)9-2-1-3-10-21/h4-7,19-20,25-26H,1-3,8-16H2/t20-,22-/m0/s1. The molecule has 2 atom stereocenters. The van der Waals surface area contributed by atoms with Gasteiger partial charge in [-0.3, -0.25) is 4.90 Å². The molecule has 2 aliphatic carbocycles. The van der Waals surface area contributed by atoms with Crippen LogP contribution in [-0.4, -0.2) is 47.0 Å². The smallest absolute Gasteiger partial charge is 0.123 e. The van der Waals surface area contributed by atoms with Crippen molar-refractivity contribution in [2.45, 2.75) is 69.9 Å². The predicted molar refractivity (Wildman–Crippen MR) is 100 cm³/mol. The molecule has 1 aromatic carbocycles. The van der Waals surface area contributed by atoms with E-state index in [2.05, 4.69) is 4.90 Å². The lowest BCUT2D eigenvalue weighted by Crippen LogP contribution is -2.61. The maximum Gasteiger partial charge on any atom is 0.123 e. The van der Waals surface area contributed by atoms with E-state index in [0.29, 0.717) is 24.3 Å². The first-order chi connectivity index (χ1) is 12.5. The highest BCUT2D eigenvalue weighted by molar-refractivity contribution is 5.19. The number of hydrogen-bond donors (Lipinski definition) is 2. The fraction of sp³-hybridized carbons (Fsp3) is 0.727. The van der Waals surface area contributed by atoms with Gasteiger partial charge in [-0.2, -0.15) is 0 Å². The summed E-state index contributed by atoms with van der Waals surface area (Å²) in [6.45, 7) is 1.63.